The number of aliphatic hydroxyl groups excluding tert-OH is 1. The standard InChI is InChI=1S/C17H25FN2O2.C7H3F3/c1-19(2)16-12-13(18)5-6-15(16)17(22)4-3-9-20-10-7-14(21)8-11-20;8-7(9,10)6-2-1-4-3-5(4)6/h5-6,12,14,21H,3-4,7-11H2,1-2H3;1-3H. The van der Waals surface area contributed by atoms with Gasteiger partial charge in [0.25, 0.3) is 0 Å². The van der Waals surface area contributed by atoms with Gasteiger partial charge in [-0.15, -0.1) is 0 Å². The molecular weight excluding hydrogens is 424 g/mol. The molecule has 1 aromatic carbocycles. The lowest BCUT2D eigenvalue weighted by Crippen LogP contribution is -2.36. The zero-order chi connectivity index (χ0) is 23.5. The van der Waals surface area contributed by atoms with Gasteiger partial charge in [0.1, 0.15) is 5.82 Å². The Labute approximate surface area is 185 Å². The number of nitrogens with zero attached hydrogens (tertiary/aromatic N) is 2. The summed E-state index contributed by atoms with van der Waals surface area (Å²) in [5, 5.41) is 9.48. The van der Waals surface area contributed by atoms with Crippen molar-refractivity contribution < 1.29 is 27.5 Å². The van der Waals surface area contributed by atoms with Crippen molar-refractivity contribution in [3.05, 3.63) is 53.3 Å². The van der Waals surface area contributed by atoms with Crippen LogP contribution in [0.15, 0.2) is 36.4 Å². The Morgan fingerprint density at radius 3 is 2.31 bits per heavy atom. The number of likely N-dealkylation sites (tertiary alicyclic amines) is 1. The van der Waals surface area contributed by atoms with Gasteiger partial charge >= 0.3 is 6.18 Å². The van der Waals surface area contributed by atoms with Crippen LogP contribution in [0.5, 0.6) is 0 Å². The number of halogens is 4. The molecule has 1 heterocycles. The summed E-state index contributed by atoms with van der Waals surface area (Å²) in [4.78, 5) is 16.4. The fourth-order valence-corrected chi connectivity index (χ4v) is 3.85. The first kappa shape index (κ1) is 24.2. The van der Waals surface area contributed by atoms with Crippen molar-refractivity contribution in [2.75, 3.05) is 38.6 Å². The van der Waals surface area contributed by atoms with Crippen molar-refractivity contribution in [2.45, 2.75) is 38.0 Å². The van der Waals surface area contributed by atoms with Gasteiger partial charge in [0, 0.05) is 44.9 Å². The maximum atomic E-state index is 13.3. The Bertz CT molecular complexity index is 952. The molecule has 1 saturated heterocycles. The quantitative estimate of drug-likeness (QED) is 0.423. The van der Waals surface area contributed by atoms with E-state index in [0.717, 1.165) is 50.5 Å². The number of alkyl halides is 3. The molecule has 0 spiro atoms. The van der Waals surface area contributed by atoms with Crippen molar-refractivity contribution in [1.29, 1.82) is 0 Å². The lowest BCUT2D eigenvalue weighted by molar-refractivity contribution is -0.136. The molecule has 0 aromatic heterocycles. The predicted octanol–water partition coefficient (Wildman–Crippen LogP) is 5.00. The SMILES string of the molecule is CN(C)c1cc(F)ccc1C(=O)CCCN1CCC(O)CC1.FC(F)(F)c1ccc2cc1-2. The number of carbonyl (C=O) groups excluding carboxylic acids is 1. The Kier molecular flexibility index (Phi) is 7.56. The summed E-state index contributed by atoms with van der Waals surface area (Å²) in [7, 11) is 3.62. The smallest absolute Gasteiger partial charge is 0.393 e. The fourth-order valence-electron chi connectivity index (χ4n) is 3.85. The summed E-state index contributed by atoms with van der Waals surface area (Å²) >= 11 is 0. The van der Waals surface area contributed by atoms with Crippen molar-refractivity contribution in [3.63, 3.8) is 0 Å². The number of carbonyl (C=O) groups is 1. The van der Waals surface area contributed by atoms with Gasteiger partial charge in [-0.2, -0.15) is 13.2 Å². The molecule has 0 atom stereocenters. The monoisotopic (exact) mass is 452 g/mol. The van der Waals surface area contributed by atoms with Gasteiger partial charge in [-0.25, -0.2) is 4.39 Å². The van der Waals surface area contributed by atoms with E-state index in [4.69, 9.17) is 0 Å². The molecule has 1 aliphatic heterocycles. The van der Waals surface area contributed by atoms with Crippen LogP contribution in [0.2, 0.25) is 0 Å². The summed E-state index contributed by atoms with van der Waals surface area (Å²) in [6, 6.07) is 8.45. The largest absolute Gasteiger partial charge is 0.417 e. The predicted molar refractivity (Wildman–Crippen MR) is 116 cm³/mol. The second-order valence-electron chi connectivity index (χ2n) is 8.41. The van der Waals surface area contributed by atoms with Gasteiger partial charge in [-0.05, 0) is 67.3 Å². The van der Waals surface area contributed by atoms with E-state index in [9.17, 15) is 27.5 Å². The van der Waals surface area contributed by atoms with Crippen LogP contribution in [0.3, 0.4) is 0 Å². The first-order chi connectivity index (χ1) is 15.1. The summed E-state index contributed by atoms with van der Waals surface area (Å²) in [5.74, 6) is -0.270. The van der Waals surface area contributed by atoms with Gasteiger partial charge in [0.05, 0.1) is 11.7 Å². The molecule has 2 aliphatic carbocycles. The molecular formula is C24H28F4N2O2. The second kappa shape index (κ2) is 10.0. The number of piperidine rings is 1. The molecule has 4 nitrogen and oxygen atoms in total. The van der Waals surface area contributed by atoms with Gasteiger partial charge < -0.3 is 14.9 Å². The number of Topliss-reactive ketones (excluding diaryl/α,β-unsaturated/α-hetero) is 1. The molecule has 3 aliphatic rings. The molecule has 0 bridgehead atoms. The number of hydrogen-bond acceptors (Lipinski definition) is 4. The van der Waals surface area contributed by atoms with Crippen LogP contribution in [0.1, 0.15) is 41.6 Å². The van der Waals surface area contributed by atoms with Crippen LogP contribution in [0, 0.1) is 5.82 Å². The van der Waals surface area contributed by atoms with E-state index < -0.39 is 11.7 Å². The first-order valence-corrected chi connectivity index (χ1v) is 10.7. The lowest BCUT2D eigenvalue weighted by Gasteiger charge is -2.29. The average Bonchev–Trinajstić information content (AvgIpc) is 3.36. The van der Waals surface area contributed by atoms with E-state index >= 15 is 0 Å². The second-order valence-corrected chi connectivity index (χ2v) is 8.41. The third-order valence-electron chi connectivity index (χ3n) is 5.73. The molecule has 0 unspecified atom stereocenters. The molecule has 8 heteroatoms. The average molecular weight is 452 g/mol. The van der Waals surface area contributed by atoms with Crippen LogP contribution in [0.25, 0.3) is 11.1 Å². The molecule has 174 valence electrons. The van der Waals surface area contributed by atoms with Crippen molar-refractivity contribution in [1.82, 2.24) is 4.90 Å². The number of fused-ring (bicyclic) bond motifs is 1. The Hall–Kier alpha value is -2.45. The third-order valence-corrected chi connectivity index (χ3v) is 5.73. The van der Waals surface area contributed by atoms with Crippen LogP contribution < -0.4 is 4.90 Å². The summed E-state index contributed by atoms with van der Waals surface area (Å²) in [6.07, 6.45) is -1.45. The number of ketones is 1. The lowest BCUT2D eigenvalue weighted by atomic mass is 10.0. The molecule has 1 fully saturated rings. The molecule has 0 amide bonds. The highest BCUT2D eigenvalue weighted by atomic mass is 19.4. The minimum atomic E-state index is -4.17. The fraction of sp³-hybridized carbons (Fsp3) is 0.458. The van der Waals surface area contributed by atoms with Gasteiger partial charge in [0.15, 0.2) is 5.78 Å². The van der Waals surface area contributed by atoms with Crippen LogP contribution in [-0.2, 0) is 6.18 Å². The summed E-state index contributed by atoms with van der Waals surface area (Å²) in [5.41, 5.74) is 1.81. The van der Waals surface area contributed by atoms with Crippen LogP contribution in [0.4, 0.5) is 23.2 Å². The normalized spacial score (nSPS) is 15.7. The minimum Gasteiger partial charge on any atom is -0.393 e. The zero-order valence-electron chi connectivity index (χ0n) is 18.3. The van der Waals surface area contributed by atoms with E-state index in [-0.39, 0.29) is 17.7 Å². The third kappa shape index (κ3) is 6.29. The van der Waals surface area contributed by atoms with E-state index in [1.165, 1.54) is 24.3 Å². The molecule has 0 saturated carbocycles. The van der Waals surface area contributed by atoms with Crippen LogP contribution >= 0.6 is 0 Å². The van der Waals surface area contributed by atoms with Crippen LogP contribution in [-0.4, -0.2) is 55.6 Å². The molecule has 32 heavy (non-hydrogen) atoms. The van der Waals surface area contributed by atoms with Gasteiger partial charge in [-0.1, -0.05) is 6.07 Å². The Morgan fingerprint density at radius 2 is 1.81 bits per heavy atom. The maximum absolute atomic E-state index is 13.3. The van der Waals surface area contributed by atoms with E-state index in [1.807, 2.05) is 14.1 Å². The van der Waals surface area contributed by atoms with Gasteiger partial charge in [0.2, 0.25) is 0 Å². The summed E-state index contributed by atoms with van der Waals surface area (Å²) < 4.78 is 49.0. The van der Waals surface area contributed by atoms with E-state index in [0.29, 0.717) is 23.2 Å². The van der Waals surface area contributed by atoms with E-state index in [2.05, 4.69) is 4.90 Å². The number of anilines is 1. The van der Waals surface area contributed by atoms with E-state index in [1.54, 1.807) is 11.0 Å². The Balaban J connectivity index is 0.000000238. The molecule has 0 radical (unpaired) electrons. The Morgan fingerprint density at radius 1 is 1.12 bits per heavy atom. The number of benzene rings is 2. The highest BCUT2D eigenvalue weighted by Crippen LogP contribution is 2.45. The van der Waals surface area contributed by atoms with Crippen molar-refractivity contribution in [3.8, 4) is 11.1 Å². The number of rotatable bonds is 6. The number of aliphatic hydroxyl groups is 1. The number of hydrogen-bond donors (Lipinski definition) is 1. The molecule has 1 aromatic rings. The summed E-state index contributed by atoms with van der Waals surface area (Å²) in [6.45, 7) is 2.67. The topological polar surface area (TPSA) is 43.8 Å². The molecule has 4 rings (SSSR count). The maximum Gasteiger partial charge on any atom is 0.417 e. The minimum absolute atomic E-state index is 0.0562. The van der Waals surface area contributed by atoms with Gasteiger partial charge in [-0.3, -0.25) is 4.79 Å². The van der Waals surface area contributed by atoms with Crippen molar-refractivity contribution in [2.24, 2.45) is 0 Å². The highest BCUT2D eigenvalue weighted by Gasteiger charge is 2.37. The highest BCUT2D eigenvalue weighted by molar-refractivity contribution is 6.01. The van der Waals surface area contributed by atoms with Crippen molar-refractivity contribution >= 4 is 11.5 Å². The first-order valence-electron chi connectivity index (χ1n) is 10.7. The zero-order valence-corrected chi connectivity index (χ0v) is 18.3. The molecule has 1 N–H and O–H groups in total.